The molecule has 0 amide bonds. The van der Waals surface area contributed by atoms with Crippen LogP contribution in [0.1, 0.15) is 36.7 Å². The summed E-state index contributed by atoms with van der Waals surface area (Å²) in [6, 6.07) is 4.69. The van der Waals surface area contributed by atoms with Crippen LogP contribution in [0.15, 0.2) is 23.1 Å². The molecule has 0 atom stereocenters. The molecular weight excluding hydrogens is 252 g/mol. The Bertz CT molecular complexity index is 544. The number of aryl methyl sites for hydroxylation is 1. The molecule has 0 aromatic heterocycles. The molecule has 0 radical (unpaired) electrons. The van der Waals surface area contributed by atoms with E-state index in [4.69, 9.17) is 4.74 Å². The third kappa shape index (κ3) is 3.32. The van der Waals surface area contributed by atoms with Gasteiger partial charge in [0.05, 0.1) is 22.3 Å². The molecule has 100 valence electrons. The smallest absolute Gasteiger partial charge is 0.339 e. The average Bonchev–Trinajstić information content (AvgIpc) is 2.27. The van der Waals surface area contributed by atoms with Crippen LogP contribution in [0.4, 0.5) is 0 Å². The second-order valence-corrected chi connectivity index (χ2v) is 6.60. The fraction of sp³-hybridized carbons (Fsp3) is 0.462. The molecule has 0 saturated carbocycles. The molecule has 1 aromatic rings. The summed E-state index contributed by atoms with van der Waals surface area (Å²) in [5.41, 5.74) is 0.936. The SMILES string of the molecule is CCS(=O)(=O)c1ccc(C)cc1C(=O)OC(C)C. The Morgan fingerprint density at radius 3 is 2.44 bits per heavy atom. The van der Waals surface area contributed by atoms with E-state index in [0.717, 1.165) is 5.56 Å². The summed E-state index contributed by atoms with van der Waals surface area (Å²) >= 11 is 0. The lowest BCUT2D eigenvalue weighted by Gasteiger charge is -2.12. The molecule has 0 bridgehead atoms. The molecule has 0 heterocycles. The van der Waals surface area contributed by atoms with Crippen LogP contribution in [0.25, 0.3) is 0 Å². The van der Waals surface area contributed by atoms with Gasteiger partial charge in [-0.25, -0.2) is 13.2 Å². The number of benzene rings is 1. The highest BCUT2D eigenvalue weighted by Gasteiger charge is 2.22. The van der Waals surface area contributed by atoms with Gasteiger partial charge in [0.1, 0.15) is 0 Å². The van der Waals surface area contributed by atoms with Crippen molar-refractivity contribution in [3.05, 3.63) is 29.3 Å². The minimum absolute atomic E-state index is 0.0428. The maximum Gasteiger partial charge on any atom is 0.339 e. The van der Waals surface area contributed by atoms with Crippen molar-refractivity contribution >= 4 is 15.8 Å². The predicted octanol–water partition coefficient (Wildman–Crippen LogP) is 2.35. The van der Waals surface area contributed by atoms with Crippen molar-refractivity contribution in [3.8, 4) is 0 Å². The van der Waals surface area contributed by atoms with Gasteiger partial charge in [-0.3, -0.25) is 0 Å². The summed E-state index contributed by atoms with van der Waals surface area (Å²) in [7, 11) is -3.43. The Balaban J connectivity index is 3.33. The van der Waals surface area contributed by atoms with Gasteiger partial charge in [-0.2, -0.15) is 0 Å². The van der Waals surface area contributed by atoms with Crippen LogP contribution in [0.3, 0.4) is 0 Å². The molecule has 18 heavy (non-hydrogen) atoms. The van der Waals surface area contributed by atoms with Crippen LogP contribution >= 0.6 is 0 Å². The minimum atomic E-state index is -3.43. The molecule has 1 rings (SSSR count). The zero-order valence-electron chi connectivity index (χ0n) is 11.1. The summed E-state index contributed by atoms with van der Waals surface area (Å²) in [5.74, 6) is -0.640. The van der Waals surface area contributed by atoms with E-state index < -0.39 is 15.8 Å². The maximum absolute atomic E-state index is 11.9. The number of rotatable bonds is 4. The number of ether oxygens (including phenoxy) is 1. The number of carbonyl (C=O) groups is 1. The van der Waals surface area contributed by atoms with E-state index in [2.05, 4.69) is 0 Å². The van der Waals surface area contributed by atoms with Gasteiger partial charge >= 0.3 is 5.97 Å². The largest absolute Gasteiger partial charge is 0.459 e. The normalized spacial score (nSPS) is 11.6. The highest BCUT2D eigenvalue weighted by molar-refractivity contribution is 7.91. The van der Waals surface area contributed by atoms with E-state index in [1.807, 2.05) is 0 Å². The van der Waals surface area contributed by atoms with E-state index in [-0.39, 0.29) is 22.3 Å². The Labute approximate surface area is 108 Å². The van der Waals surface area contributed by atoms with Crippen molar-refractivity contribution in [1.29, 1.82) is 0 Å². The van der Waals surface area contributed by atoms with Crippen molar-refractivity contribution in [2.45, 2.75) is 38.7 Å². The quantitative estimate of drug-likeness (QED) is 0.788. The summed E-state index contributed by atoms with van der Waals surface area (Å²) < 4.78 is 28.9. The Morgan fingerprint density at radius 1 is 1.33 bits per heavy atom. The first-order valence-corrected chi connectivity index (χ1v) is 7.47. The third-order valence-corrected chi connectivity index (χ3v) is 4.20. The molecule has 0 N–H and O–H groups in total. The first kappa shape index (κ1) is 14.7. The number of hydrogen-bond acceptors (Lipinski definition) is 4. The predicted molar refractivity (Wildman–Crippen MR) is 69.5 cm³/mol. The molecule has 0 fully saturated rings. The number of hydrogen-bond donors (Lipinski definition) is 0. The van der Waals surface area contributed by atoms with Crippen molar-refractivity contribution in [1.82, 2.24) is 0 Å². The van der Waals surface area contributed by atoms with Gasteiger partial charge in [0.25, 0.3) is 0 Å². The highest BCUT2D eigenvalue weighted by atomic mass is 32.2. The third-order valence-electron chi connectivity index (χ3n) is 2.41. The molecule has 0 unspecified atom stereocenters. The van der Waals surface area contributed by atoms with Gasteiger partial charge < -0.3 is 4.74 Å². The van der Waals surface area contributed by atoms with Gasteiger partial charge in [0.2, 0.25) is 0 Å². The van der Waals surface area contributed by atoms with E-state index in [9.17, 15) is 13.2 Å². The molecule has 0 aliphatic rings. The zero-order valence-corrected chi connectivity index (χ0v) is 11.9. The summed E-state index contributed by atoms with van der Waals surface area (Å²) in [5, 5.41) is 0. The molecular formula is C13H18O4S. The van der Waals surface area contributed by atoms with Crippen LogP contribution in [0.2, 0.25) is 0 Å². The Kier molecular flexibility index (Phi) is 4.51. The number of esters is 1. The zero-order chi connectivity index (χ0) is 13.9. The van der Waals surface area contributed by atoms with Gasteiger partial charge in [-0.15, -0.1) is 0 Å². The lowest BCUT2D eigenvalue weighted by atomic mass is 10.1. The van der Waals surface area contributed by atoms with E-state index >= 15 is 0 Å². The molecule has 4 nitrogen and oxygen atoms in total. The molecule has 0 spiro atoms. The molecule has 0 aliphatic heterocycles. The van der Waals surface area contributed by atoms with E-state index in [1.165, 1.54) is 6.07 Å². The minimum Gasteiger partial charge on any atom is -0.459 e. The Hall–Kier alpha value is -1.36. The lowest BCUT2D eigenvalue weighted by Crippen LogP contribution is -2.16. The monoisotopic (exact) mass is 270 g/mol. The fourth-order valence-electron chi connectivity index (χ4n) is 1.51. The topological polar surface area (TPSA) is 60.4 Å². The maximum atomic E-state index is 11.9. The van der Waals surface area contributed by atoms with E-state index in [0.29, 0.717) is 0 Å². The molecule has 0 aliphatic carbocycles. The number of carbonyl (C=O) groups excluding carboxylic acids is 1. The molecule has 0 saturated heterocycles. The first-order valence-electron chi connectivity index (χ1n) is 5.82. The standard InChI is InChI=1S/C13H18O4S/c1-5-18(15,16)12-7-6-10(4)8-11(12)13(14)17-9(2)3/h6-9H,5H2,1-4H3. The van der Waals surface area contributed by atoms with Crippen LogP contribution in [0, 0.1) is 6.92 Å². The van der Waals surface area contributed by atoms with Gasteiger partial charge in [0.15, 0.2) is 9.84 Å². The summed E-state index contributed by atoms with van der Waals surface area (Å²) in [4.78, 5) is 11.9. The van der Waals surface area contributed by atoms with Crippen LogP contribution in [-0.2, 0) is 14.6 Å². The van der Waals surface area contributed by atoms with Crippen LogP contribution < -0.4 is 0 Å². The van der Waals surface area contributed by atoms with Gasteiger partial charge in [0, 0.05) is 0 Å². The van der Waals surface area contributed by atoms with Crippen molar-refractivity contribution in [2.24, 2.45) is 0 Å². The second kappa shape index (κ2) is 5.52. The summed E-state index contributed by atoms with van der Waals surface area (Å²) in [6.45, 7) is 6.80. The van der Waals surface area contributed by atoms with Gasteiger partial charge in [-0.1, -0.05) is 18.6 Å². The second-order valence-electron chi connectivity index (χ2n) is 4.36. The molecule has 5 heteroatoms. The van der Waals surface area contributed by atoms with Crippen molar-refractivity contribution in [3.63, 3.8) is 0 Å². The summed E-state index contributed by atoms with van der Waals surface area (Å²) in [6.07, 6.45) is -0.282. The van der Waals surface area contributed by atoms with Crippen LogP contribution in [-0.4, -0.2) is 26.2 Å². The average molecular weight is 270 g/mol. The van der Waals surface area contributed by atoms with Crippen molar-refractivity contribution < 1.29 is 17.9 Å². The molecule has 1 aromatic carbocycles. The highest BCUT2D eigenvalue weighted by Crippen LogP contribution is 2.20. The fourth-order valence-corrected chi connectivity index (χ4v) is 2.57. The van der Waals surface area contributed by atoms with Gasteiger partial charge in [-0.05, 0) is 32.9 Å². The van der Waals surface area contributed by atoms with Crippen molar-refractivity contribution in [2.75, 3.05) is 5.75 Å². The van der Waals surface area contributed by atoms with E-state index in [1.54, 1.807) is 39.8 Å². The number of sulfone groups is 1. The lowest BCUT2D eigenvalue weighted by molar-refractivity contribution is 0.0373. The van der Waals surface area contributed by atoms with Crippen LogP contribution in [0.5, 0.6) is 0 Å². The first-order chi connectivity index (χ1) is 8.27. The Morgan fingerprint density at radius 2 is 1.94 bits per heavy atom.